The van der Waals surface area contributed by atoms with Crippen LogP contribution >= 0.6 is 15.9 Å². The average Bonchev–Trinajstić information content (AvgIpc) is 3.20. The van der Waals surface area contributed by atoms with E-state index in [9.17, 15) is 15.0 Å². The lowest BCUT2D eigenvalue weighted by Crippen LogP contribution is -2.44. The van der Waals surface area contributed by atoms with Crippen molar-refractivity contribution in [2.75, 3.05) is 0 Å². The summed E-state index contributed by atoms with van der Waals surface area (Å²) < 4.78 is 6.87. The molecule has 5 heteroatoms. The zero-order valence-corrected chi connectivity index (χ0v) is 18.3. The standard InChI is InChI=1S/C22H31BrO4/c1-20(2)11-15-12-21(15,3)18(9-10-22(4,26)17(24)13-20)27-19(25)14-5-7-16(23)8-6-14/h5-8,15,17-18,24,26H,9-13H2,1-4H3. The summed E-state index contributed by atoms with van der Waals surface area (Å²) in [4.78, 5) is 12.7. The normalized spacial score (nSPS) is 38.6. The Labute approximate surface area is 170 Å². The molecule has 0 amide bonds. The molecule has 0 spiro atoms. The first-order valence-corrected chi connectivity index (χ1v) is 10.6. The Morgan fingerprint density at radius 2 is 1.74 bits per heavy atom. The van der Waals surface area contributed by atoms with Crippen molar-refractivity contribution in [1.29, 1.82) is 0 Å². The van der Waals surface area contributed by atoms with Crippen LogP contribution in [0.25, 0.3) is 0 Å². The Balaban J connectivity index is 1.80. The maximum Gasteiger partial charge on any atom is 0.338 e. The molecule has 4 nitrogen and oxygen atoms in total. The molecule has 0 aromatic heterocycles. The first-order chi connectivity index (χ1) is 12.4. The Hall–Kier alpha value is -0.910. The fraction of sp³-hybridized carbons (Fsp3) is 0.682. The Morgan fingerprint density at radius 3 is 2.37 bits per heavy atom. The lowest BCUT2D eigenvalue weighted by molar-refractivity contribution is -0.0972. The van der Waals surface area contributed by atoms with Gasteiger partial charge in [0.05, 0.1) is 17.3 Å². The molecule has 150 valence electrons. The molecule has 1 aromatic rings. The topological polar surface area (TPSA) is 66.8 Å². The van der Waals surface area contributed by atoms with E-state index in [0.29, 0.717) is 30.7 Å². The van der Waals surface area contributed by atoms with Crippen LogP contribution in [0.3, 0.4) is 0 Å². The number of benzene rings is 1. The summed E-state index contributed by atoms with van der Waals surface area (Å²) in [6.07, 6.45) is 2.49. The van der Waals surface area contributed by atoms with Gasteiger partial charge in [-0.15, -0.1) is 0 Å². The second kappa shape index (κ2) is 7.16. The van der Waals surface area contributed by atoms with Crippen LogP contribution in [0.5, 0.6) is 0 Å². The van der Waals surface area contributed by atoms with E-state index in [1.807, 2.05) is 12.1 Å². The molecule has 1 aromatic carbocycles. The van der Waals surface area contributed by atoms with E-state index in [-0.39, 0.29) is 22.9 Å². The van der Waals surface area contributed by atoms with Gasteiger partial charge in [-0.25, -0.2) is 4.79 Å². The monoisotopic (exact) mass is 438 g/mol. The fourth-order valence-electron chi connectivity index (χ4n) is 4.56. The van der Waals surface area contributed by atoms with Crippen LogP contribution in [-0.4, -0.2) is 34.0 Å². The lowest BCUT2D eigenvalue weighted by Gasteiger charge is -2.38. The maximum atomic E-state index is 12.7. The van der Waals surface area contributed by atoms with Crippen molar-refractivity contribution in [2.24, 2.45) is 16.7 Å². The van der Waals surface area contributed by atoms with Gasteiger partial charge in [-0.1, -0.05) is 36.7 Å². The summed E-state index contributed by atoms with van der Waals surface area (Å²) in [7, 11) is 0. The summed E-state index contributed by atoms with van der Waals surface area (Å²) >= 11 is 3.38. The number of hydrogen-bond acceptors (Lipinski definition) is 4. The zero-order chi connectivity index (χ0) is 20.0. The second-order valence-corrected chi connectivity index (χ2v) is 10.7. The molecule has 0 saturated heterocycles. The van der Waals surface area contributed by atoms with Crippen LogP contribution in [0.4, 0.5) is 0 Å². The minimum absolute atomic E-state index is 0.0549. The van der Waals surface area contributed by atoms with Gasteiger partial charge in [0.15, 0.2) is 0 Å². The summed E-state index contributed by atoms with van der Waals surface area (Å²) in [5.74, 6) is 0.154. The van der Waals surface area contributed by atoms with Gasteiger partial charge in [-0.05, 0) is 74.6 Å². The van der Waals surface area contributed by atoms with Gasteiger partial charge in [0.25, 0.3) is 0 Å². The number of rotatable bonds is 2. The summed E-state index contributed by atoms with van der Waals surface area (Å²) in [5.41, 5.74) is -0.773. The Kier molecular flexibility index (Phi) is 5.52. The molecule has 2 fully saturated rings. The first kappa shape index (κ1) is 20.8. The van der Waals surface area contributed by atoms with Crippen molar-refractivity contribution in [3.8, 4) is 0 Å². The van der Waals surface area contributed by atoms with Crippen molar-refractivity contribution in [2.45, 2.75) is 77.6 Å². The number of carbonyl (C=O) groups is 1. The molecule has 2 N–H and O–H groups in total. The van der Waals surface area contributed by atoms with Gasteiger partial charge >= 0.3 is 5.97 Å². The molecule has 2 aliphatic carbocycles. The number of aliphatic hydroxyl groups excluding tert-OH is 1. The van der Waals surface area contributed by atoms with E-state index in [4.69, 9.17) is 4.74 Å². The van der Waals surface area contributed by atoms with Gasteiger partial charge in [0.1, 0.15) is 6.10 Å². The first-order valence-electron chi connectivity index (χ1n) is 9.80. The number of halogens is 1. The summed E-state index contributed by atoms with van der Waals surface area (Å²) in [5, 5.41) is 21.4. The molecular formula is C22H31BrO4. The lowest BCUT2D eigenvalue weighted by atomic mass is 9.73. The number of fused-ring (bicyclic) bond motifs is 1. The van der Waals surface area contributed by atoms with Crippen molar-refractivity contribution in [1.82, 2.24) is 0 Å². The molecule has 0 aliphatic heterocycles. The number of aliphatic hydroxyl groups is 2. The van der Waals surface area contributed by atoms with Crippen LogP contribution in [0.1, 0.15) is 70.2 Å². The van der Waals surface area contributed by atoms with Gasteiger partial charge in [0.2, 0.25) is 0 Å². The highest BCUT2D eigenvalue weighted by molar-refractivity contribution is 9.10. The molecule has 2 saturated carbocycles. The predicted molar refractivity (Wildman–Crippen MR) is 108 cm³/mol. The number of esters is 1. The highest BCUT2D eigenvalue weighted by atomic mass is 79.9. The second-order valence-electron chi connectivity index (χ2n) is 9.79. The van der Waals surface area contributed by atoms with Gasteiger partial charge in [-0.3, -0.25) is 0 Å². The average molecular weight is 439 g/mol. The van der Waals surface area contributed by atoms with E-state index in [1.54, 1.807) is 19.1 Å². The molecule has 0 heterocycles. The largest absolute Gasteiger partial charge is 0.458 e. The fourth-order valence-corrected chi connectivity index (χ4v) is 4.83. The SMILES string of the molecule is CC1(C)CC(O)C(C)(O)CCC(OC(=O)c2ccc(Br)cc2)C2(C)CC2C1. The molecule has 0 radical (unpaired) electrons. The van der Waals surface area contributed by atoms with Crippen LogP contribution in [0.15, 0.2) is 28.7 Å². The van der Waals surface area contributed by atoms with Crippen LogP contribution in [-0.2, 0) is 4.74 Å². The molecule has 5 atom stereocenters. The molecular weight excluding hydrogens is 408 g/mol. The summed E-state index contributed by atoms with van der Waals surface area (Å²) in [6, 6.07) is 7.16. The quantitative estimate of drug-likeness (QED) is 0.655. The molecule has 0 bridgehead atoms. The number of carbonyl (C=O) groups excluding carboxylic acids is 1. The van der Waals surface area contributed by atoms with Crippen molar-refractivity contribution < 1.29 is 19.7 Å². The third kappa shape index (κ3) is 4.57. The van der Waals surface area contributed by atoms with Crippen LogP contribution in [0.2, 0.25) is 0 Å². The Morgan fingerprint density at radius 1 is 1.11 bits per heavy atom. The van der Waals surface area contributed by atoms with Crippen LogP contribution < -0.4 is 0 Å². The number of hydrogen-bond donors (Lipinski definition) is 2. The molecule has 2 aliphatic rings. The number of ether oxygens (including phenoxy) is 1. The highest BCUT2D eigenvalue weighted by Crippen LogP contribution is 2.62. The van der Waals surface area contributed by atoms with E-state index in [1.165, 1.54) is 0 Å². The maximum absolute atomic E-state index is 12.7. The van der Waals surface area contributed by atoms with E-state index >= 15 is 0 Å². The van der Waals surface area contributed by atoms with E-state index in [0.717, 1.165) is 17.3 Å². The van der Waals surface area contributed by atoms with Gasteiger partial charge in [0, 0.05) is 9.89 Å². The molecule has 5 unspecified atom stereocenters. The third-order valence-corrected chi connectivity index (χ3v) is 7.23. The summed E-state index contributed by atoms with van der Waals surface area (Å²) in [6.45, 7) is 8.18. The van der Waals surface area contributed by atoms with Crippen LogP contribution in [0, 0.1) is 16.7 Å². The van der Waals surface area contributed by atoms with Crippen molar-refractivity contribution >= 4 is 21.9 Å². The molecule has 27 heavy (non-hydrogen) atoms. The smallest absolute Gasteiger partial charge is 0.338 e. The highest BCUT2D eigenvalue weighted by Gasteiger charge is 2.58. The van der Waals surface area contributed by atoms with Crippen molar-refractivity contribution in [3.63, 3.8) is 0 Å². The van der Waals surface area contributed by atoms with Crippen molar-refractivity contribution in [3.05, 3.63) is 34.3 Å². The zero-order valence-electron chi connectivity index (χ0n) is 16.7. The minimum atomic E-state index is -1.18. The Bertz CT molecular complexity index is 697. The van der Waals surface area contributed by atoms with Gasteiger partial charge in [-0.2, -0.15) is 0 Å². The van der Waals surface area contributed by atoms with E-state index in [2.05, 4.69) is 36.7 Å². The predicted octanol–water partition coefficient (Wildman–Crippen LogP) is 4.71. The minimum Gasteiger partial charge on any atom is -0.458 e. The van der Waals surface area contributed by atoms with E-state index < -0.39 is 11.7 Å². The van der Waals surface area contributed by atoms with Gasteiger partial charge < -0.3 is 14.9 Å². The molecule has 3 rings (SSSR count). The third-order valence-electron chi connectivity index (χ3n) is 6.70.